The SMILES string of the molecule is CC(=O)N1NC(C(C)(C)C)=Nc2cnc3ccccc3c21. The molecule has 0 radical (unpaired) electrons. The van der Waals surface area contributed by atoms with Crippen LogP contribution in [0.5, 0.6) is 0 Å². The molecule has 2 aromatic rings. The van der Waals surface area contributed by atoms with E-state index in [2.05, 4.69) is 36.2 Å². The molecule has 1 aliphatic heterocycles. The number of nitrogens with one attached hydrogen (secondary N) is 1. The Morgan fingerprint density at radius 3 is 2.62 bits per heavy atom. The lowest BCUT2D eigenvalue weighted by Gasteiger charge is -2.34. The number of fused-ring (bicyclic) bond motifs is 3. The molecular weight excluding hydrogens is 264 g/mol. The van der Waals surface area contributed by atoms with Crippen LogP contribution in [0.3, 0.4) is 0 Å². The van der Waals surface area contributed by atoms with Crippen molar-refractivity contribution in [1.29, 1.82) is 0 Å². The Kier molecular flexibility index (Phi) is 2.93. The van der Waals surface area contributed by atoms with Crippen LogP contribution in [-0.2, 0) is 4.79 Å². The van der Waals surface area contributed by atoms with Crippen LogP contribution >= 0.6 is 0 Å². The van der Waals surface area contributed by atoms with E-state index in [-0.39, 0.29) is 11.3 Å². The minimum atomic E-state index is -0.183. The van der Waals surface area contributed by atoms with Gasteiger partial charge in [-0.05, 0) is 6.07 Å². The number of benzene rings is 1. The molecule has 1 aliphatic rings. The Bertz CT molecular complexity index is 758. The number of para-hydroxylation sites is 1. The zero-order valence-electron chi connectivity index (χ0n) is 12.6. The predicted molar refractivity (Wildman–Crippen MR) is 84.6 cm³/mol. The highest BCUT2D eigenvalue weighted by Gasteiger charge is 2.30. The van der Waals surface area contributed by atoms with E-state index in [1.54, 1.807) is 11.2 Å². The highest BCUT2D eigenvalue weighted by atomic mass is 16.2. The molecule has 0 atom stereocenters. The minimum absolute atomic E-state index is 0.0794. The largest absolute Gasteiger partial charge is 0.278 e. The molecule has 1 aromatic heterocycles. The standard InChI is InChI=1S/C16H18N4O/c1-10(21)20-14-11-7-5-6-8-12(11)17-9-13(14)18-15(19-20)16(2,3)4/h5-9H,1-4H3,(H,18,19). The predicted octanol–water partition coefficient (Wildman–Crippen LogP) is 3.18. The summed E-state index contributed by atoms with van der Waals surface area (Å²) < 4.78 is 0. The number of hydrogen-bond acceptors (Lipinski definition) is 4. The molecule has 0 unspecified atom stereocenters. The van der Waals surface area contributed by atoms with E-state index in [9.17, 15) is 4.79 Å². The fraction of sp³-hybridized carbons (Fsp3) is 0.312. The third kappa shape index (κ3) is 2.24. The molecule has 5 heteroatoms. The lowest BCUT2D eigenvalue weighted by atomic mass is 9.94. The summed E-state index contributed by atoms with van der Waals surface area (Å²) in [5, 5.41) is 2.47. The molecule has 108 valence electrons. The second-order valence-corrected chi connectivity index (χ2v) is 6.19. The van der Waals surface area contributed by atoms with E-state index >= 15 is 0 Å². The number of amidine groups is 1. The molecule has 3 rings (SSSR count). The van der Waals surface area contributed by atoms with Crippen LogP contribution in [0.25, 0.3) is 10.9 Å². The number of hydrazine groups is 1. The quantitative estimate of drug-likeness (QED) is 0.807. The lowest BCUT2D eigenvalue weighted by molar-refractivity contribution is -0.117. The second kappa shape index (κ2) is 4.55. The number of nitrogens with zero attached hydrogens (tertiary/aromatic N) is 3. The Hall–Kier alpha value is -2.43. The Morgan fingerprint density at radius 2 is 1.95 bits per heavy atom. The molecule has 1 N–H and O–H groups in total. The number of hydrogen-bond donors (Lipinski definition) is 1. The number of rotatable bonds is 0. The van der Waals surface area contributed by atoms with Crippen LogP contribution < -0.4 is 10.4 Å². The van der Waals surface area contributed by atoms with Gasteiger partial charge in [0.05, 0.1) is 11.7 Å². The topological polar surface area (TPSA) is 57.6 Å². The third-order valence-corrected chi connectivity index (χ3v) is 3.43. The maximum atomic E-state index is 12.1. The maximum absolute atomic E-state index is 12.1. The van der Waals surface area contributed by atoms with Crippen molar-refractivity contribution in [2.45, 2.75) is 27.7 Å². The van der Waals surface area contributed by atoms with Crippen LogP contribution in [-0.4, -0.2) is 16.7 Å². The number of amides is 1. The third-order valence-electron chi connectivity index (χ3n) is 3.43. The van der Waals surface area contributed by atoms with Gasteiger partial charge >= 0.3 is 0 Å². The number of carbonyl (C=O) groups is 1. The van der Waals surface area contributed by atoms with Crippen LogP contribution in [0.2, 0.25) is 0 Å². The van der Waals surface area contributed by atoms with Crippen molar-refractivity contribution in [2.24, 2.45) is 10.4 Å². The van der Waals surface area contributed by atoms with Crippen molar-refractivity contribution in [1.82, 2.24) is 10.4 Å². The Balaban J connectivity index is 2.30. The molecule has 1 amide bonds. The van der Waals surface area contributed by atoms with E-state index in [1.165, 1.54) is 6.92 Å². The summed E-state index contributed by atoms with van der Waals surface area (Å²) in [5.41, 5.74) is 5.29. The van der Waals surface area contributed by atoms with Crippen molar-refractivity contribution in [2.75, 3.05) is 5.01 Å². The fourth-order valence-corrected chi connectivity index (χ4v) is 2.31. The van der Waals surface area contributed by atoms with Gasteiger partial charge in [-0.3, -0.25) is 15.2 Å². The van der Waals surface area contributed by atoms with Gasteiger partial charge < -0.3 is 0 Å². The number of anilines is 1. The summed E-state index contributed by atoms with van der Waals surface area (Å²) in [5.74, 6) is 0.673. The van der Waals surface area contributed by atoms with Crippen molar-refractivity contribution < 1.29 is 4.79 Å². The van der Waals surface area contributed by atoms with Gasteiger partial charge in [0.2, 0.25) is 5.91 Å². The summed E-state index contributed by atoms with van der Waals surface area (Å²) in [6.45, 7) is 7.70. The van der Waals surface area contributed by atoms with Crippen LogP contribution in [0.1, 0.15) is 27.7 Å². The zero-order chi connectivity index (χ0) is 15.2. The number of aliphatic imine (C=N–C) groups is 1. The van der Waals surface area contributed by atoms with E-state index in [4.69, 9.17) is 0 Å². The molecule has 0 bridgehead atoms. The Morgan fingerprint density at radius 1 is 1.24 bits per heavy atom. The van der Waals surface area contributed by atoms with E-state index in [0.717, 1.165) is 22.4 Å². The monoisotopic (exact) mass is 282 g/mol. The smallest absolute Gasteiger partial charge is 0.242 e. The van der Waals surface area contributed by atoms with E-state index in [1.807, 2.05) is 24.3 Å². The lowest BCUT2D eigenvalue weighted by Crippen LogP contribution is -2.51. The first-order valence-corrected chi connectivity index (χ1v) is 6.92. The van der Waals surface area contributed by atoms with Gasteiger partial charge in [0.25, 0.3) is 0 Å². The average molecular weight is 282 g/mol. The molecule has 5 nitrogen and oxygen atoms in total. The van der Waals surface area contributed by atoms with Crippen molar-refractivity contribution >= 4 is 34.0 Å². The molecule has 0 saturated carbocycles. The molecule has 0 spiro atoms. The van der Waals surface area contributed by atoms with Gasteiger partial charge in [-0.25, -0.2) is 10.0 Å². The van der Waals surface area contributed by atoms with Gasteiger partial charge in [0.1, 0.15) is 17.2 Å². The molecular formula is C16H18N4O. The van der Waals surface area contributed by atoms with Gasteiger partial charge in [0, 0.05) is 17.7 Å². The summed E-state index contributed by atoms with van der Waals surface area (Å²) in [6, 6.07) is 7.75. The fourth-order valence-electron chi connectivity index (χ4n) is 2.31. The highest BCUT2D eigenvalue weighted by Crippen LogP contribution is 2.38. The maximum Gasteiger partial charge on any atom is 0.242 e. The average Bonchev–Trinajstić information content (AvgIpc) is 2.44. The molecule has 21 heavy (non-hydrogen) atoms. The summed E-state index contributed by atoms with van der Waals surface area (Å²) in [4.78, 5) is 21.1. The van der Waals surface area contributed by atoms with Crippen molar-refractivity contribution in [3.8, 4) is 0 Å². The first kappa shape index (κ1) is 13.5. The summed E-state index contributed by atoms with van der Waals surface area (Å²) in [6.07, 6.45) is 1.72. The summed E-state index contributed by atoms with van der Waals surface area (Å²) in [7, 11) is 0. The Labute approximate surface area is 123 Å². The van der Waals surface area contributed by atoms with E-state index in [0.29, 0.717) is 5.69 Å². The van der Waals surface area contributed by atoms with Gasteiger partial charge in [-0.15, -0.1) is 0 Å². The highest BCUT2D eigenvalue weighted by molar-refractivity contribution is 6.11. The van der Waals surface area contributed by atoms with Crippen molar-refractivity contribution in [3.05, 3.63) is 30.5 Å². The first-order valence-electron chi connectivity index (χ1n) is 6.92. The van der Waals surface area contributed by atoms with Gasteiger partial charge in [-0.2, -0.15) is 0 Å². The summed E-state index contributed by atoms with van der Waals surface area (Å²) >= 11 is 0. The zero-order valence-corrected chi connectivity index (χ0v) is 12.6. The normalized spacial score (nSPS) is 14.5. The first-order chi connectivity index (χ1) is 9.88. The number of aromatic nitrogens is 1. The van der Waals surface area contributed by atoms with Crippen LogP contribution in [0.4, 0.5) is 11.4 Å². The van der Waals surface area contributed by atoms with Crippen LogP contribution in [0.15, 0.2) is 35.5 Å². The number of carbonyl (C=O) groups excluding carboxylic acids is 1. The number of pyridine rings is 1. The van der Waals surface area contributed by atoms with Crippen LogP contribution in [0, 0.1) is 5.41 Å². The molecule has 2 heterocycles. The van der Waals surface area contributed by atoms with E-state index < -0.39 is 0 Å². The molecule has 0 saturated heterocycles. The molecule has 0 aliphatic carbocycles. The van der Waals surface area contributed by atoms with Crippen molar-refractivity contribution in [3.63, 3.8) is 0 Å². The van der Waals surface area contributed by atoms with Gasteiger partial charge in [-0.1, -0.05) is 39.0 Å². The molecule has 0 fully saturated rings. The molecule has 1 aromatic carbocycles. The van der Waals surface area contributed by atoms with Gasteiger partial charge in [0.15, 0.2) is 0 Å². The second-order valence-electron chi connectivity index (χ2n) is 6.19. The minimum Gasteiger partial charge on any atom is -0.278 e.